The van der Waals surface area contributed by atoms with Crippen molar-refractivity contribution in [3.05, 3.63) is 72.8 Å². The molecule has 0 unspecified atom stereocenters. The Morgan fingerprint density at radius 2 is 1.54 bits per heavy atom. The number of carbonyl (C=O) groups is 1. The lowest BCUT2D eigenvalue weighted by Gasteiger charge is -2.43. The van der Waals surface area contributed by atoms with E-state index in [4.69, 9.17) is 13.9 Å². The summed E-state index contributed by atoms with van der Waals surface area (Å²) < 4.78 is 18.5. The zero-order chi connectivity index (χ0) is 27.3. The zero-order valence-corrected chi connectivity index (χ0v) is 24.9. The van der Waals surface area contributed by atoms with Gasteiger partial charge in [-0.25, -0.2) is 4.79 Å². The third-order valence-corrected chi connectivity index (χ3v) is 11.8. The molecule has 0 spiro atoms. The Bertz CT molecular complexity index is 999. The van der Waals surface area contributed by atoms with Crippen LogP contribution >= 0.6 is 0 Å². The number of allylic oxidation sites excluding steroid dienone is 1. The highest BCUT2D eigenvalue weighted by atomic mass is 28.4. The van der Waals surface area contributed by atoms with Gasteiger partial charge in [-0.3, -0.25) is 4.90 Å². The van der Waals surface area contributed by atoms with Crippen LogP contribution in [0.5, 0.6) is 0 Å². The molecule has 0 N–H and O–H groups in total. The standard InChI is InChI=1S/C31H45NO4Si/c1-29(2,3)36-28(33)32-25(24-34-31(32,7)8)18-12-11-17-23-35-37(30(4,5)6,26-19-13-9-14-20-26)27-21-15-10-16-22-27/h9-10,12-16,18-22,25H,11,17,23-24H2,1-8H3/t25-/m1/s1. The molecule has 1 atom stereocenters. The maximum absolute atomic E-state index is 12.9. The van der Waals surface area contributed by atoms with Crippen molar-refractivity contribution in [2.45, 2.75) is 90.6 Å². The second kappa shape index (κ2) is 11.5. The fourth-order valence-electron chi connectivity index (χ4n) is 5.08. The Labute approximate surface area is 224 Å². The molecule has 2 aromatic rings. The van der Waals surface area contributed by atoms with Gasteiger partial charge in [-0.15, -0.1) is 0 Å². The summed E-state index contributed by atoms with van der Waals surface area (Å²) in [5.41, 5.74) is -1.26. The Balaban J connectivity index is 1.70. The van der Waals surface area contributed by atoms with E-state index in [0.29, 0.717) is 13.2 Å². The van der Waals surface area contributed by atoms with Crippen LogP contribution in [0.3, 0.4) is 0 Å². The van der Waals surface area contributed by atoms with Gasteiger partial charge in [0.2, 0.25) is 0 Å². The van der Waals surface area contributed by atoms with Crippen LogP contribution in [0.4, 0.5) is 4.79 Å². The molecular formula is C31H45NO4Si. The minimum atomic E-state index is -2.52. The Morgan fingerprint density at radius 1 is 1.00 bits per heavy atom. The largest absolute Gasteiger partial charge is 0.444 e. The second-order valence-corrected chi connectivity index (χ2v) is 16.6. The molecule has 0 bridgehead atoms. The van der Waals surface area contributed by atoms with Crippen LogP contribution in [0.15, 0.2) is 72.8 Å². The van der Waals surface area contributed by atoms with Gasteiger partial charge in [0.1, 0.15) is 11.3 Å². The molecule has 2 aromatic carbocycles. The van der Waals surface area contributed by atoms with Gasteiger partial charge in [-0.2, -0.15) is 0 Å². The molecule has 1 aliphatic heterocycles. The fourth-order valence-corrected chi connectivity index (χ4v) is 9.69. The van der Waals surface area contributed by atoms with Gasteiger partial charge in [-0.1, -0.05) is 93.6 Å². The molecule has 0 aromatic heterocycles. The summed E-state index contributed by atoms with van der Waals surface area (Å²) >= 11 is 0. The Morgan fingerprint density at radius 3 is 2.03 bits per heavy atom. The first-order valence-corrected chi connectivity index (χ1v) is 15.3. The average Bonchev–Trinajstić information content (AvgIpc) is 3.12. The first-order chi connectivity index (χ1) is 17.3. The van der Waals surface area contributed by atoms with Gasteiger partial charge in [0.25, 0.3) is 8.32 Å². The molecule has 1 amide bonds. The lowest BCUT2D eigenvalue weighted by atomic mass is 10.2. The first kappa shape index (κ1) is 29.1. The predicted molar refractivity (Wildman–Crippen MR) is 154 cm³/mol. The van der Waals surface area contributed by atoms with E-state index in [0.717, 1.165) is 12.8 Å². The fraction of sp³-hybridized carbons (Fsp3) is 0.516. The lowest BCUT2D eigenvalue weighted by molar-refractivity contribution is -0.0610. The zero-order valence-electron chi connectivity index (χ0n) is 23.9. The van der Waals surface area contributed by atoms with E-state index < -0.39 is 19.6 Å². The Hall–Kier alpha value is -2.41. The lowest BCUT2D eigenvalue weighted by Crippen LogP contribution is -2.66. The Kier molecular flexibility index (Phi) is 9.09. The van der Waals surface area contributed by atoms with Gasteiger partial charge < -0.3 is 13.9 Å². The highest BCUT2D eigenvalue weighted by Crippen LogP contribution is 2.37. The summed E-state index contributed by atoms with van der Waals surface area (Å²) in [5.74, 6) is 0. The maximum atomic E-state index is 12.9. The third kappa shape index (κ3) is 6.92. The molecule has 0 aliphatic carbocycles. The maximum Gasteiger partial charge on any atom is 0.413 e. The number of amides is 1. The molecule has 0 saturated carbocycles. The number of carbonyl (C=O) groups excluding carboxylic acids is 1. The summed E-state index contributed by atoms with van der Waals surface area (Å²) in [7, 11) is -2.52. The monoisotopic (exact) mass is 523 g/mol. The number of benzene rings is 2. The minimum absolute atomic E-state index is 0.0355. The highest BCUT2D eigenvalue weighted by molar-refractivity contribution is 6.99. The molecule has 1 heterocycles. The quantitative estimate of drug-likeness (QED) is 0.232. The van der Waals surface area contributed by atoms with Crippen LogP contribution in [0.2, 0.25) is 5.04 Å². The molecule has 5 nitrogen and oxygen atoms in total. The van der Waals surface area contributed by atoms with Crippen LogP contribution in [0.1, 0.15) is 68.2 Å². The van der Waals surface area contributed by atoms with Crippen LogP contribution in [-0.2, 0) is 13.9 Å². The van der Waals surface area contributed by atoms with Crippen molar-refractivity contribution in [3.8, 4) is 0 Å². The summed E-state index contributed by atoms with van der Waals surface area (Å²) in [6.45, 7) is 17.5. The number of rotatable bonds is 8. The number of hydrogen-bond donors (Lipinski definition) is 0. The van der Waals surface area contributed by atoms with Crippen LogP contribution in [0.25, 0.3) is 0 Å². The predicted octanol–water partition coefficient (Wildman–Crippen LogP) is 6.27. The van der Waals surface area contributed by atoms with E-state index in [9.17, 15) is 4.79 Å². The minimum Gasteiger partial charge on any atom is -0.444 e. The normalized spacial score (nSPS) is 18.4. The van der Waals surface area contributed by atoms with Crippen molar-refractivity contribution >= 4 is 24.8 Å². The van der Waals surface area contributed by atoms with Crippen molar-refractivity contribution in [2.75, 3.05) is 13.2 Å². The van der Waals surface area contributed by atoms with Gasteiger partial charge >= 0.3 is 6.09 Å². The van der Waals surface area contributed by atoms with Gasteiger partial charge in [0.15, 0.2) is 0 Å². The average molecular weight is 524 g/mol. The highest BCUT2D eigenvalue weighted by Gasteiger charge is 2.50. The van der Waals surface area contributed by atoms with E-state index in [-0.39, 0.29) is 17.2 Å². The van der Waals surface area contributed by atoms with Gasteiger partial charge in [0, 0.05) is 6.61 Å². The third-order valence-electron chi connectivity index (χ3n) is 6.72. The van der Waals surface area contributed by atoms with E-state index in [1.807, 2.05) is 34.6 Å². The van der Waals surface area contributed by atoms with E-state index in [2.05, 4.69) is 93.6 Å². The first-order valence-electron chi connectivity index (χ1n) is 13.4. The second-order valence-electron chi connectivity index (χ2n) is 12.3. The van der Waals surface area contributed by atoms with Gasteiger partial charge in [0.05, 0.1) is 12.6 Å². The summed E-state index contributed by atoms with van der Waals surface area (Å²) in [6, 6.07) is 21.3. The number of hydrogen-bond acceptors (Lipinski definition) is 4. The van der Waals surface area contributed by atoms with E-state index in [1.165, 1.54) is 10.4 Å². The topological polar surface area (TPSA) is 48.0 Å². The molecule has 202 valence electrons. The molecule has 1 saturated heterocycles. The molecule has 3 rings (SSSR count). The van der Waals surface area contributed by atoms with E-state index in [1.54, 1.807) is 4.90 Å². The van der Waals surface area contributed by atoms with Crippen molar-refractivity contribution in [1.29, 1.82) is 0 Å². The molecule has 37 heavy (non-hydrogen) atoms. The van der Waals surface area contributed by atoms with E-state index >= 15 is 0 Å². The SMILES string of the molecule is CC(C)(C)OC(=O)N1[C@H](C=CCCCO[Si](c2ccccc2)(c2ccccc2)C(C)(C)C)COC1(C)C. The molecule has 1 aliphatic rings. The smallest absolute Gasteiger partial charge is 0.413 e. The number of unbranched alkanes of at least 4 members (excludes halogenated alkanes) is 1. The van der Waals surface area contributed by atoms with Crippen LogP contribution in [-0.4, -0.2) is 49.9 Å². The van der Waals surface area contributed by atoms with Crippen LogP contribution < -0.4 is 10.4 Å². The molecule has 1 fully saturated rings. The molecule has 6 heteroatoms. The molecular weight excluding hydrogens is 478 g/mol. The number of ether oxygens (including phenoxy) is 2. The van der Waals surface area contributed by atoms with Crippen molar-refractivity contribution in [1.82, 2.24) is 4.90 Å². The van der Waals surface area contributed by atoms with Gasteiger partial charge in [-0.05, 0) is 62.9 Å². The summed E-state index contributed by atoms with van der Waals surface area (Å²) in [6.07, 6.45) is 5.62. The van der Waals surface area contributed by atoms with Crippen molar-refractivity contribution < 1.29 is 18.7 Å². The van der Waals surface area contributed by atoms with Crippen molar-refractivity contribution in [2.24, 2.45) is 0 Å². The summed E-state index contributed by atoms with van der Waals surface area (Å²) in [5, 5.41) is 2.55. The van der Waals surface area contributed by atoms with Crippen molar-refractivity contribution in [3.63, 3.8) is 0 Å². The summed E-state index contributed by atoms with van der Waals surface area (Å²) in [4.78, 5) is 14.6. The van der Waals surface area contributed by atoms with Crippen LogP contribution in [0, 0.1) is 0 Å². The number of nitrogens with zero attached hydrogens (tertiary/aromatic N) is 1. The molecule has 0 radical (unpaired) electrons.